The number of halogens is 1. The van der Waals surface area contributed by atoms with Crippen molar-refractivity contribution in [2.24, 2.45) is 0 Å². The molecule has 22 heavy (non-hydrogen) atoms. The standard InChI is InChI=1S/C15H14IN3O3/c1-18(2)13-7-6-10(8-14(13)19(21)22)15(20)17-12-5-3-4-11(16)9-12/h3-9H,1-2H3,(H,17,20). The fourth-order valence-electron chi connectivity index (χ4n) is 1.96. The zero-order valence-corrected chi connectivity index (χ0v) is 14.2. The van der Waals surface area contributed by atoms with Gasteiger partial charge in [-0.25, -0.2) is 0 Å². The molecular formula is C15H14IN3O3. The minimum atomic E-state index is -0.489. The van der Waals surface area contributed by atoms with Gasteiger partial charge in [0.15, 0.2) is 0 Å². The maximum absolute atomic E-state index is 12.2. The van der Waals surface area contributed by atoms with Crippen LogP contribution in [-0.2, 0) is 0 Å². The number of nitrogens with one attached hydrogen (secondary N) is 1. The lowest BCUT2D eigenvalue weighted by atomic mass is 10.1. The van der Waals surface area contributed by atoms with Crippen molar-refractivity contribution < 1.29 is 9.72 Å². The molecule has 1 amide bonds. The summed E-state index contributed by atoms with van der Waals surface area (Å²) in [5.41, 5.74) is 1.25. The molecule has 0 radical (unpaired) electrons. The highest BCUT2D eigenvalue weighted by atomic mass is 127. The fourth-order valence-corrected chi connectivity index (χ4v) is 2.50. The molecule has 0 bridgehead atoms. The van der Waals surface area contributed by atoms with E-state index in [1.165, 1.54) is 6.07 Å². The van der Waals surface area contributed by atoms with Gasteiger partial charge >= 0.3 is 0 Å². The van der Waals surface area contributed by atoms with Crippen LogP contribution in [0.15, 0.2) is 42.5 Å². The van der Waals surface area contributed by atoms with Gasteiger partial charge in [0, 0.05) is 35.0 Å². The maximum atomic E-state index is 12.2. The topological polar surface area (TPSA) is 75.5 Å². The molecule has 0 unspecified atom stereocenters. The normalized spacial score (nSPS) is 10.1. The molecule has 2 aromatic rings. The first-order chi connectivity index (χ1) is 10.4. The van der Waals surface area contributed by atoms with Crippen molar-refractivity contribution in [1.29, 1.82) is 0 Å². The Morgan fingerprint density at radius 1 is 1.23 bits per heavy atom. The summed E-state index contributed by atoms with van der Waals surface area (Å²) in [5, 5.41) is 13.9. The van der Waals surface area contributed by atoms with E-state index >= 15 is 0 Å². The highest BCUT2D eigenvalue weighted by Gasteiger charge is 2.18. The molecule has 0 saturated heterocycles. The molecule has 0 aromatic heterocycles. The van der Waals surface area contributed by atoms with Crippen molar-refractivity contribution in [2.45, 2.75) is 0 Å². The van der Waals surface area contributed by atoms with Gasteiger partial charge in [-0.3, -0.25) is 14.9 Å². The number of rotatable bonds is 4. The summed E-state index contributed by atoms with van der Waals surface area (Å²) in [6, 6.07) is 11.8. The van der Waals surface area contributed by atoms with Crippen molar-refractivity contribution in [3.8, 4) is 0 Å². The summed E-state index contributed by atoms with van der Waals surface area (Å²) in [7, 11) is 3.43. The maximum Gasteiger partial charge on any atom is 0.293 e. The van der Waals surface area contributed by atoms with E-state index in [1.54, 1.807) is 37.2 Å². The van der Waals surface area contributed by atoms with E-state index in [0.29, 0.717) is 11.4 Å². The molecule has 0 aliphatic heterocycles. The second-order valence-electron chi connectivity index (χ2n) is 4.82. The molecule has 0 aliphatic carbocycles. The van der Waals surface area contributed by atoms with E-state index in [2.05, 4.69) is 27.9 Å². The third-order valence-corrected chi connectivity index (χ3v) is 3.67. The quantitative estimate of drug-likeness (QED) is 0.475. The Balaban J connectivity index is 2.30. The molecule has 0 spiro atoms. The summed E-state index contributed by atoms with van der Waals surface area (Å²) >= 11 is 2.15. The van der Waals surface area contributed by atoms with Crippen molar-refractivity contribution >= 4 is 45.6 Å². The first kappa shape index (κ1) is 16.2. The minimum Gasteiger partial charge on any atom is -0.372 e. The van der Waals surface area contributed by atoms with Gasteiger partial charge in [0.05, 0.1) is 4.92 Å². The number of hydrogen-bond acceptors (Lipinski definition) is 4. The summed E-state index contributed by atoms with van der Waals surface area (Å²) in [4.78, 5) is 24.5. The number of anilines is 2. The Bertz CT molecular complexity index is 732. The third-order valence-electron chi connectivity index (χ3n) is 3.00. The monoisotopic (exact) mass is 411 g/mol. The van der Waals surface area contributed by atoms with Gasteiger partial charge < -0.3 is 10.2 Å². The smallest absolute Gasteiger partial charge is 0.293 e. The van der Waals surface area contributed by atoms with E-state index in [4.69, 9.17) is 0 Å². The van der Waals surface area contributed by atoms with E-state index in [0.717, 1.165) is 3.57 Å². The number of nitrogens with zero attached hydrogens (tertiary/aromatic N) is 2. The van der Waals surface area contributed by atoms with Gasteiger partial charge in [0.1, 0.15) is 5.69 Å². The fraction of sp³-hybridized carbons (Fsp3) is 0.133. The van der Waals surface area contributed by atoms with Gasteiger partial charge in [-0.1, -0.05) is 6.07 Å². The molecular weight excluding hydrogens is 397 g/mol. The molecule has 6 nitrogen and oxygen atoms in total. The average Bonchev–Trinajstić information content (AvgIpc) is 2.46. The molecule has 114 valence electrons. The summed E-state index contributed by atoms with van der Waals surface area (Å²) in [6.07, 6.45) is 0. The van der Waals surface area contributed by atoms with Crippen molar-refractivity contribution in [3.63, 3.8) is 0 Å². The Morgan fingerprint density at radius 2 is 1.95 bits per heavy atom. The van der Waals surface area contributed by atoms with Gasteiger partial charge in [0.2, 0.25) is 0 Å². The number of nitro benzene ring substituents is 1. The van der Waals surface area contributed by atoms with Crippen LogP contribution in [0.4, 0.5) is 17.1 Å². The second kappa shape index (κ2) is 6.73. The molecule has 0 saturated carbocycles. The molecule has 0 atom stereocenters. The molecule has 0 heterocycles. The Morgan fingerprint density at radius 3 is 2.55 bits per heavy atom. The van der Waals surface area contributed by atoms with Crippen LogP contribution >= 0.6 is 22.6 Å². The van der Waals surface area contributed by atoms with Gasteiger partial charge in [-0.15, -0.1) is 0 Å². The number of carbonyl (C=O) groups excluding carboxylic acids is 1. The van der Waals surface area contributed by atoms with Crippen LogP contribution in [-0.4, -0.2) is 24.9 Å². The van der Waals surface area contributed by atoms with E-state index in [1.807, 2.05) is 18.2 Å². The molecule has 7 heteroatoms. The predicted molar refractivity (Wildman–Crippen MR) is 94.5 cm³/mol. The second-order valence-corrected chi connectivity index (χ2v) is 6.07. The van der Waals surface area contributed by atoms with Crippen LogP contribution in [0.3, 0.4) is 0 Å². The summed E-state index contributed by atoms with van der Waals surface area (Å²) in [6.45, 7) is 0. The number of benzene rings is 2. The Kier molecular flexibility index (Phi) is 4.96. The number of amides is 1. The third kappa shape index (κ3) is 3.73. The van der Waals surface area contributed by atoms with Crippen LogP contribution < -0.4 is 10.2 Å². The van der Waals surface area contributed by atoms with Crippen LogP contribution in [0.25, 0.3) is 0 Å². The highest BCUT2D eigenvalue weighted by molar-refractivity contribution is 14.1. The molecule has 0 aliphatic rings. The van der Waals surface area contributed by atoms with Crippen LogP contribution in [0.2, 0.25) is 0 Å². The minimum absolute atomic E-state index is 0.0970. The average molecular weight is 411 g/mol. The lowest BCUT2D eigenvalue weighted by molar-refractivity contribution is -0.384. The van der Waals surface area contributed by atoms with E-state index in [-0.39, 0.29) is 17.2 Å². The van der Waals surface area contributed by atoms with Gasteiger partial charge in [-0.2, -0.15) is 0 Å². The molecule has 0 fully saturated rings. The zero-order chi connectivity index (χ0) is 16.3. The number of nitro groups is 1. The molecule has 1 N–H and O–H groups in total. The zero-order valence-electron chi connectivity index (χ0n) is 12.0. The molecule has 2 rings (SSSR count). The predicted octanol–water partition coefficient (Wildman–Crippen LogP) is 3.52. The van der Waals surface area contributed by atoms with Crippen LogP contribution in [0.1, 0.15) is 10.4 Å². The van der Waals surface area contributed by atoms with Gasteiger partial charge in [0.25, 0.3) is 11.6 Å². The van der Waals surface area contributed by atoms with Crippen molar-refractivity contribution in [2.75, 3.05) is 24.3 Å². The molecule has 2 aromatic carbocycles. The van der Waals surface area contributed by atoms with Gasteiger partial charge in [-0.05, 0) is 52.9 Å². The lowest BCUT2D eigenvalue weighted by Gasteiger charge is -2.13. The lowest BCUT2D eigenvalue weighted by Crippen LogP contribution is -2.15. The SMILES string of the molecule is CN(C)c1ccc(C(=O)Nc2cccc(I)c2)cc1[N+](=O)[O-]. The highest BCUT2D eigenvalue weighted by Crippen LogP contribution is 2.28. The van der Waals surface area contributed by atoms with Crippen LogP contribution in [0, 0.1) is 13.7 Å². The first-order valence-electron chi connectivity index (χ1n) is 6.41. The van der Waals surface area contributed by atoms with Crippen LogP contribution in [0.5, 0.6) is 0 Å². The van der Waals surface area contributed by atoms with Crippen molar-refractivity contribution in [1.82, 2.24) is 0 Å². The summed E-state index contributed by atoms with van der Waals surface area (Å²) in [5.74, 6) is -0.379. The number of carbonyl (C=O) groups is 1. The summed E-state index contributed by atoms with van der Waals surface area (Å²) < 4.78 is 0.990. The Labute approximate surface area is 141 Å². The van der Waals surface area contributed by atoms with E-state index in [9.17, 15) is 14.9 Å². The number of hydrogen-bond donors (Lipinski definition) is 1. The van der Waals surface area contributed by atoms with E-state index < -0.39 is 4.92 Å². The first-order valence-corrected chi connectivity index (χ1v) is 7.49. The largest absolute Gasteiger partial charge is 0.372 e. The Hall–Kier alpha value is -2.16. The van der Waals surface area contributed by atoms with Crippen molar-refractivity contribution in [3.05, 3.63) is 61.7 Å².